The third kappa shape index (κ3) is 5.47. The molecule has 1 aliphatic heterocycles. The van der Waals surface area contributed by atoms with E-state index in [9.17, 15) is 14.7 Å². The molecule has 3 rings (SSSR count). The van der Waals surface area contributed by atoms with Crippen LogP contribution in [0.3, 0.4) is 0 Å². The lowest BCUT2D eigenvalue weighted by Crippen LogP contribution is -2.41. The molecule has 1 aromatic carbocycles. The van der Waals surface area contributed by atoms with E-state index in [0.717, 1.165) is 0 Å². The highest BCUT2D eigenvalue weighted by Crippen LogP contribution is 2.23. The van der Waals surface area contributed by atoms with Crippen molar-refractivity contribution in [3.63, 3.8) is 0 Å². The van der Waals surface area contributed by atoms with Crippen LogP contribution < -0.4 is 10.1 Å². The third-order valence-electron chi connectivity index (χ3n) is 4.78. The Bertz CT molecular complexity index is 884. The Morgan fingerprint density at radius 3 is 2.55 bits per heavy atom. The Labute approximate surface area is 170 Å². The van der Waals surface area contributed by atoms with E-state index in [1.165, 1.54) is 6.20 Å². The smallest absolute Gasteiger partial charge is 0.254 e. The van der Waals surface area contributed by atoms with Crippen LogP contribution in [0.25, 0.3) is 0 Å². The number of anilines is 1. The number of nitrogens with zero attached hydrogens (tertiary/aromatic N) is 2. The zero-order chi connectivity index (χ0) is 21.0. The topological polar surface area (TPSA) is 91.8 Å². The van der Waals surface area contributed by atoms with Gasteiger partial charge in [-0.3, -0.25) is 9.59 Å². The average molecular weight is 397 g/mol. The van der Waals surface area contributed by atoms with E-state index < -0.39 is 5.41 Å². The minimum Gasteiger partial charge on any atom is -0.508 e. The summed E-state index contributed by atoms with van der Waals surface area (Å²) < 4.78 is 5.91. The van der Waals surface area contributed by atoms with E-state index in [1.807, 2.05) is 26.8 Å². The molecule has 0 bridgehead atoms. The van der Waals surface area contributed by atoms with Gasteiger partial charge in [0.1, 0.15) is 23.4 Å². The SMILES string of the molecule is CC(C)(C)C(=O)Nc1cc(C(=O)N2CCC(Oc3cccc(O)c3)CC2)ccn1. The summed E-state index contributed by atoms with van der Waals surface area (Å²) in [6, 6.07) is 10.00. The van der Waals surface area contributed by atoms with Crippen molar-refractivity contribution in [2.24, 2.45) is 5.41 Å². The molecule has 154 valence electrons. The zero-order valence-electron chi connectivity index (χ0n) is 17.0. The first-order valence-electron chi connectivity index (χ1n) is 9.75. The van der Waals surface area contributed by atoms with Crippen molar-refractivity contribution in [1.29, 1.82) is 0 Å². The number of piperidine rings is 1. The molecule has 0 spiro atoms. The number of phenols is 1. The van der Waals surface area contributed by atoms with Crippen molar-refractivity contribution < 1.29 is 19.4 Å². The number of benzene rings is 1. The largest absolute Gasteiger partial charge is 0.508 e. The van der Waals surface area contributed by atoms with E-state index in [4.69, 9.17) is 4.74 Å². The van der Waals surface area contributed by atoms with E-state index in [1.54, 1.807) is 35.2 Å². The summed E-state index contributed by atoms with van der Waals surface area (Å²) in [6.07, 6.45) is 2.95. The van der Waals surface area contributed by atoms with E-state index in [2.05, 4.69) is 10.3 Å². The molecule has 0 atom stereocenters. The van der Waals surface area contributed by atoms with E-state index >= 15 is 0 Å². The number of rotatable bonds is 4. The van der Waals surface area contributed by atoms with Gasteiger partial charge >= 0.3 is 0 Å². The van der Waals surface area contributed by atoms with Gasteiger partial charge in [-0.1, -0.05) is 26.8 Å². The number of hydrogen-bond acceptors (Lipinski definition) is 5. The number of amides is 2. The molecule has 2 aromatic rings. The summed E-state index contributed by atoms with van der Waals surface area (Å²) in [6.45, 7) is 6.61. The Morgan fingerprint density at radius 2 is 1.90 bits per heavy atom. The quantitative estimate of drug-likeness (QED) is 0.824. The number of nitrogens with one attached hydrogen (secondary N) is 1. The second kappa shape index (κ2) is 8.51. The number of likely N-dealkylation sites (tertiary alicyclic amines) is 1. The van der Waals surface area contributed by atoms with Crippen LogP contribution in [-0.4, -0.2) is 46.0 Å². The summed E-state index contributed by atoms with van der Waals surface area (Å²) in [7, 11) is 0. The molecule has 2 amide bonds. The lowest BCUT2D eigenvalue weighted by Gasteiger charge is -2.32. The highest BCUT2D eigenvalue weighted by molar-refractivity contribution is 5.97. The maximum atomic E-state index is 12.9. The van der Waals surface area contributed by atoms with Gasteiger partial charge in [-0.2, -0.15) is 0 Å². The maximum Gasteiger partial charge on any atom is 0.254 e. The first kappa shape index (κ1) is 20.6. The minimum atomic E-state index is -0.543. The van der Waals surface area contributed by atoms with Crippen molar-refractivity contribution >= 4 is 17.6 Å². The molecule has 2 N–H and O–H groups in total. The third-order valence-corrected chi connectivity index (χ3v) is 4.78. The summed E-state index contributed by atoms with van der Waals surface area (Å²) in [5.74, 6) is 0.928. The fourth-order valence-corrected chi connectivity index (χ4v) is 3.04. The normalized spacial score (nSPS) is 15.1. The van der Waals surface area contributed by atoms with Gasteiger partial charge in [0, 0.05) is 49.2 Å². The highest BCUT2D eigenvalue weighted by Gasteiger charge is 2.26. The number of pyridine rings is 1. The predicted molar refractivity (Wildman–Crippen MR) is 110 cm³/mol. The Hall–Kier alpha value is -3.09. The summed E-state index contributed by atoms with van der Waals surface area (Å²) in [5.41, 5.74) is -0.0457. The van der Waals surface area contributed by atoms with Gasteiger partial charge in [-0.05, 0) is 24.3 Å². The second-order valence-electron chi connectivity index (χ2n) is 8.24. The average Bonchev–Trinajstić information content (AvgIpc) is 2.67. The van der Waals surface area contributed by atoms with Crippen LogP contribution in [-0.2, 0) is 4.79 Å². The number of aromatic hydroxyl groups is 1. The van der Waals surface area contributed by atoms with Crippen molar-refractivity contribution in [3.8, 4) is 11.5 Å². The first-order chi connectivity index (χ1) is 13.7. The van der Waals surface area contributed by atoms with Crippen LogP contribution in [0.5, 0.6) is 11.5 Å². The molecule has 29 heavy (non-hydrogen) atoms. The fourth-order valence-electron chi connectivity index (χ4n) is 3.04. The summed E-state index contributed by atoms with van der Waals surface area (Å²) in [5, 5.41) is 12.3. The molecule has 0 saturated carbocycles. The highest BCUT2D eigenvalue weighted by atomic mass is 16.5. The summed E-state index contributed by atoms with van der Waals surface area (Å²) in [4.78, 5) is 30.9. The van der Waals surface area contributed by atoms with Crippen LogP contribution >= 0.6 is 0 Å². The molecule has 0 unspecified atom stereocenters. The standard InChI is InChI=1S/C22H27N3O4/c1-22(2,3)21(28)24-19-13-15(7-10-23-19)20(27)25-11-8-17(9-12-25)29-18-6-4-5-16(26)14-18/h4-7,10,13-14,17,26H,8-9,11-12H2,1-3H3,(H,23,24,28). The van der Waals surface area contributed by atoms with Crippen molar-refractivity contribution in [2.75, 3.05) is 18.4 Å². The van der Waals surface area contributed by atoms with Crippen LogP contribution in [0.15, 0.2) is 42.6 Å². The van der Waals surface area contributed by atoms with Crippen molar-refractivity contribution in [2.45, 2.75) is 39.7 Å². The van der Waals surface area contributed by atoms with Gasteiger partial charge in [0.25, 0.3) is 5.91 Å². The van der Waals surface area contributed by atoms with Crippen molar-refractivity contribution in [1.82, 2.24) is 9.88 Å². The second-order valence-corrected chi connectivity index (χ2v) is 8.24. The van der Waals surface area contributed by atoms with E-state index in [0.29, 0.717) is 43.1 Å². The summed E-state index contributed by atoms with van der Waals surface area (Å²) >= 11 is 0. The Balaban J connectivity index is 1.58. The molecule has 1 saturated heterocycles. The van der Waals surface area contributed by atoms with E-state index in [-0.39, 0.29) is 23.7 Å². The monoisotopic (exact) mass is 397 g/mol. The van der Waals surface area contributed by atoms with Gasteiger partial charge < -0.3 is 20.1 Å². The zero-order valence-corrected chi connectivity index (χ0v) is 17.0. The molecule has 1 aromatic heterocycles. The number of carbonyl (C=O) groups is 2. The molecule has 1 fully saturated rings. The van der Waals surface area contributed by atoms with Crippen molar-refractivity contribution in [3.05, 3.63) is 48.2 Å². The number of ether oxygens (including phenoxy) is 1. The van der Waals surface area contributed by atoms with Crippen LogP contribution in [0, 0.1) is 5.41 Å². The number of hydrogen-bond donors (Lipinski definition) is 2. The van der Waals surface area contributed by atoms with Crippen LogP contribution in [0.2, 0.25) is 0 Å². The molecule has 7 nitrogen and oxygen atoms in total. The molecule has 2 heterocycles. The maximum absolute atomic E-state index is 12.9. The molecule has 1 aliphatic rings. The van der Waals surface area contributed by atoms with Gasteiger partial charge in [0.2, 0.25) is 5.91 Å². The fraction of sp³-hybridized carbons (Fsp3) is 0.409. The molecule has 0 aliphatic carbocycles. The first-order valence-corrected chi connectivity index (χ1v) is 9.75. The van der Waals surface area contributed by atoms with Gasteiger partial charge in [-0.25, -0.2) is 4.98 Å². The number of carbonyl (C=O) groups excluding carboxylic acids is 2. The lowest BCUT2D eigenvalue weighted by atomic mass is 9.96. The predicted octanol–water partition coefficient (Wildman–Crippen LogP) is 3.46. The molecular formula is C22H27N3O4. The minimum absolute atomic E-state index is 0.0000697. The number of phenolic OH excluding ortho intramolecular Hbond substituents is 1. The molecule has 7 heteroatoms. The van der Waals surface area contributed by atoms with Crippen LogP contribution in [0.4, 0.5) is 5.82 Å². The Kier molecular flexibility index (Phi) is 6.06. The number of aromatic nitrogens is 1. The van der Waals surface area contributed by atoms with Crippen LogP contribution in [0.1, 0.15) is 44.0 Å². The van der Waals surface area contributed by atoms with Gasteiger partial charge in [0.05, 0.1) is 0 Å². The Morgan fingerprint density at radius 1 is 1.17 bits per heavy atom. The molecular weight excluding hydrogens is 370 g/mol. The molecule has 0 radical (unpaired) electrons. The van der Waals surface area contributed by atoms with Gasteiger partial charge in [-0.15, -0.1) is 0 Å². The van der Waals surface area contributed by atoms with Gasteiger partial charge in [0.15, 0.2) is 0 Å². The lowest BCUT2D eigenvalue weighted by molar-refractivity contribution is -0.123.